The zero-order valence-electron chi connectivity index (χ0n) is 14.4. The minimum Gasteiger partial charge on any atom is -0.493 e. The molecule has 2 aromatic carbocycles. The molecule has 0 saturated heterocycles. The molecule has 8 nitrogen and oxygen atoms in total. The molecule has 0 aliphatic carbocycles. The average molecular weight is 432 g/mol. The van der Waals surface area contributed by atoms with Crippen LogP contribution in [0, 0.1) is 21.4 Å². The maximum atomic E-state index is 12.4. The Bertz CT molecular complexity index is 966. The Kier molecular flexibility index (Phi) is 6.51. The molecule has 0 atom stereocenters. The third-order valence-corrected chi connectivity index (χ3v) is 4.17. The zero-order valence-corrected chi connectivity index (χ0v) is 15.9. The number of nitro benzene ring substituents is 1. The molecule has 0 aliphatic rings. The van der Waals surface area contributed by atoms with Gasteiger partial charge in [0.1, 0.15) is 11.6 Å². The lowest BCUT2D eigenvalue weighted by atomic mass is 10.1. The average Bonchev–Trinajstić information content (AvgIpc) is 2.66. The maximum Gasteiger partial charge on any atom is 0.271 e. The molecule has 0 aromatic heterocycles. The number of benzene rings is 2. The van der Waals surface area contributed by atoms with E-state index in [0.29, 0.717) is 21.5 Å². The molecular formula is C18H14BrN3O5. The molecule has 0 fully saturated rings. The van der Waals surface area contributed by atoms with Gasteiger partial charge in [-0.05, 0) is 29.8 Å². The molecule has 0 saturated carbocycles. The Morgan fingerprint density at radius 1 is 1.26 bits per heavy atom. The highest BCUT2D eigenvalue weighted by atomic mass is 79.9. The van der Waals surface area contributed by atoms with Crippen molar-refractivity contribution in [3.8, 4) is 17.6 Å². The van der Waals surface area contributed by atoms with Crippen LogP contribution in [0.25, 0.3) is 6.08 Å². The first-order valence-electron chi connectivity index (χ1n) is 7.48. The van der Waals surface area contributed by atoms with E-state index in [1.807, 2.05) is 6.07 Å². The number of nitrogens with zero attached hydrogens (tertiary/aromatic N) is 2. The lowest BCUT2D eigenvalue weighted by Crippen LogP contribution is -2.13. The number of carbonyl (C=O) groups is 1. The Morgan fingerprint density at radius 2 is 1.93 bits per heavy atom. The lowest BCUT2D eigenvalue weighted by molar-refractivity contribution is -0.384. The fourth-order valence-electron chi connectivity index (χ4n) is 2.18. The number of hydrogen-bond acceptors (Lipinski definition) is 6. The third-order valence-electron chi connectivity index (χ3n) is 3.48. The van der Waals surface area contributed by atoms with Crippen LogP contribution >= 0.6 is 15.9 Å². The summed E-state index contributed by atoms with van der Waals surface area (Å²) < 4.78 is 11.0. The van der Waals surface area contributed by atoms with E-state index in [9.17, 15) is 20.2 Å². The summed E-state index contributed by atoms with van der Waals surface area (Å²) in [5.41, 5.74) is 0.382. The van der Waals surface area contributed by atoms with Crippen LogP contribution in [0.3, 0.4) is 0 Å². The standard InChI is InChI=1S/C18H14BrN3O5/c1-26-16-7-11(15(19)9-17(16)27-2)6-12(10-20)18(23)21-13-4-3-5-14(8-13)22(24)25/h3-9H,1-2H3,(H,21,23). The van der Waals surface area contributed by atoms with Crippen molar-refractivity contribution < 1.29 is 19.2 Å². The summed E-state index contributed by atoms with van der Waals surface area (Å²) in [6, 6.07) is 10.5. The summed E-state index contributed by atoms with van der Waals surface area (Å²) in [7, 11) is 2.96. The van der Waals surface area contributed by atoms with Gasteiger partial charge in [-0.15, -0.1) is 0 Å². The highest BCUT2D eigenvalue weighted by Crippen LogP contribution is 2.34. The second-order valence-electron chi connectivity index (χ2n) is 5.16. The van der Waals surface area contributed by atoms with Gasteiger partial charge in [0, 0.05) is 22.3 Å². The number of amides is 1. The summed E-state index contributed by atoms with van der Waals surface area (Å²) in [6.07, 6.45) is 1.37. The Morgan fingerprint density at radius 3 is 2.52 bits per heavy atom. The Hall–Kier alpha value is -3.38. The van der Waals surface area contributed by atoms with Crippen molar-refractivity contribution in [3.05, 3.63) is 62.1 Å². The second-order valence-corrected chi connectivity index (χ2v) is 6.01. The van der Waals surface area contributed by atoms with Crippen molar-refractivity contribution in [1.82, 2.24) is 0 Å². The SMILES string of the molecule is COc1cc(Br)c(C=C(C#N)C(=O)Nc2cccc([N+](=O)[O-])c2)cc1OC. The van der Waals surface area contributed by atoms with Crippen LogP contribution in [-0.2, 0) is 4.79 Å². The third kappa shape index (κ3) is 4.83. The molecule has 0 radical (unpaired) electrons. The number of ether oxygens (including phenoxy) is 2. The van der Waals surface area contributed by atoms with Crippen LogP contribution in [0.15, 0.2) is 46.4 Å². The van der Waals surface area contributed by atoms with Crippen molar-refractivity contribution in [2.45, 2.75) is 0 Å². The molecule has 0 bridgehead atoms. The molecule has 0 unspecified atom stereocenters. The number of methoxy groups -OCH3 is 2. The van der Waals surface area contributed by atoms with Crippen LogP contribution in [0.5, 0.6) is 11.5 Å². The quantitative estimate of drug-likeness (QED) is 0.320. The molecule has 0 spiro atoms. The number of nitrogens with one attached hydrogen (secondary N) is 1. The summed E-state index contributed by atoms with van der Waals surface area (Å²) >= 11 is 3.35. The molecule has 0 heterocycles. The monoisotopic (exact) mass is 431 g/mol. The number of nitriles is 1. The minimum atomic E-state index is -0.695. The smallest absolute Gasteiger partial charge is 0.271 e. The van der Waals surface area contributed by atoms with E-state index in [1.165, 1.54) is 44.6 Å². The normalized spacial score (nSPS) is 10.7. The van der Waals surface area contributed by atoms with Gasteiger partial charge in [-0.1, -0.05) is 22.0 Å². The van der Waals surface area contributed by atoms with Crippen LogP contribution in [0.2, 0.25) is 0 Å². The highest BCUT2D eigenvalue weighted by Gasteiger charge is 2.14. The van der Waals surface area contributed by atoms with Gasteiger partial charge in [0.15, 0.2) is 11.5 Å². The molecule has 0 aliphatic heterocycles. The summed E-state index contributed by atoms with van der Waals surface area (Å²) in [5, 5.41) is 22.6. The molecule has 27 heavy (non-hydrogen) atoms. The van der Waals surface area contributed by atoms with Crippen molar-refractivity contribution >= 4 is 39.3 Å². The van der Waals surface area contributed by atoms with E-state index in [-0.39, 0.29) is 16.9 Å². The minimum absolute atomic E-state index is 0.169. The number of non-ortho nitro benzene ring substituents is 1. The summed E-state index contributed by atoms with van der Waals surface area (Å²) in [5.74, 6) is 0.226. The van der Waals surface area contributed by atoms with E-state index in [1.54, 1.807) is 12.1 Å². The van der Waals surface area contributed by atoms with E-state index in [2.05, 4.69) is 21.2 Å². The molecule has 2 rings (SSSR count). The molecular weight excluding hydrogens is 418 g/mol. The maximum absolute atomic E-state index is 12.4. The number of nitro groups is 1. The fraction of sp³-hybridized carbons (Fsp3) is 0.111. The van der Waals surface area contributed by atoms with Gasteiger partial charge >= 0.3 is 0 Å². The van der Waals surface area contributed by atoms with Gasteiger partial charge in [0.2, 0.25) is 0 Å². The van der Waals surface area contributed by atoms with E-state index in [4.69, 9.17) is 9.47 Å². The number of hydrogen-bond donors (Lipinski definition) is 1. The van der Waals surface area contributed by atoms with Gasteiger partial charge in [0.25, 0.3) is 11.6 Å². The van der Waals surface area contributed by atoms with Crippen molar-refractivity contribution in [1.29, 1.82) is 5.26 Å². The lowest BCUT2D eigenvalue weighted by Gasteiger charge is -2.10. The highest BCUT2D eigenvalue weighted by molar-refractivity contribution is 9.10. The van der Waals surface area contributed by atoms with Crippen LogP contribution in [0.4, 0.5) is 11.4 Å². The van der Waals surface area contributed by atoms with Crippen molar-refractivity contribution in [3.63, 3.8) is 0 Å². The molecule has 138 valence electrons. The Balaban J connectivity index is 2.33. The van der Waals surface area contributed by atoms with Crippen LogP contribution in [-0.4, -0.2) is 25.1 Å². The van der Waals surface area contributed by atoms with E-state index >= 15 is 0 Å². The topological polar surface area (TPSA) is 114 Å². The Labute approximate surface area is 163 Å². The summed E-state index contributed by atoms with van der Waals surface area (Å²) in [4.78, 5) is 22.6. The molecule has 1 N–H and O–H groups in total. The number of carbonyl (C=O) groups excluding carboxylic acids is 1. The van der Waals surface area contributed by atoms with Gasteiger partial charge < -0.3 is 14.8 Å². The van der Waals surface area contributed by atoms with Crippen LogP contribution < -0.4 is 14.8 Å². The summed E-state index contributed by atoms with van der Waals surface area (Å²) in [6.45, 7) is 0. The molecule has 9 heteroatoms. The predicted molar refractivity (Wildman–Crippen MR) is 103 cm³/mol. The van der Waals surface area contributed by atoms with Gasteiger partial charge in [-0.25, -0.2) is 0 Å². The first kappa shape index (κ1) is 19.9. The number of anilines is 1. The first-order valence-corrected chi connectivity index (χ1v) is 8.28. The number of halogens is 1. The van der Waals surface area contributed by atoms with Crippen LogP contribution in [0.1, 0.15) is 5.56 Å². The predicted octanol–water partition coefficient (Wildman–Crippen LogP) is 3.92. The molecule has 1 amide bonds. The number of rotatable bonds is 6. The van der Waals surface area contributed by atoms with Gasteiger partial charge in [0.05, 0.1) is 19.1 Å². The first-order chi connectivity index (χ1) is 12.9. The van der Waals surface area contributed by atoms with Crippen molar-refractivity contribution in [2.24, 2.45) is 0 Å². The second kappa shape index (κ2) is 8.82. The largest absolute Gasteiger partial charge is 0.493 e. The fourth-order valence-corrected chi connectivity index (χ4v) is 2.62. The van der Waals surface area contributed by atoms with Crippen molar-refractivity contribution in [2.75, 3.05) is 19.5 Å². The van der Waals surface area contributed by atoms with E-state index < -0.39 is 10.8 Å². The zero-order chi connectivity index (χ0) is 20.0. The molecule has 2 aromatic rings. The van der Waals surface area contributed by atoms with Gasteiger partial charge in [-0.3, -0.25) is 14.9 Å². The van der Waals surface area contributed by atoms with E-state index in [0.717, 1.165) is 0 Å². The van der Waals surface area contributed by atoms with Gasteiger partial charge in [-0.2, -0.15) is 5.26 Å².